The number of ether oxygens (including phenoxy) is 4. The van der Waals surface area contributed by atoms with Crippen LogP contribution in [0.5, 0.6) is 11.5 Å². The number of carboxylic acid groups (broad SMARTS) is 1. The van der Waals surface area contributed by atoms with E-state index in [9.17, 15) is 34.5 Å². The van der Waals surface area contributed by atoms with Crippen LogP contribution in [0.2, 0.25) is 0 Å². The number of nitriles is 2. The topological polar surface area (TPSA) is 235 Å². The van der Waals surface area contributed by atoms with Crippen LogP contribution in [0, 0.1) is 22.7 Å². The summed E-state index contributed by atoms with van der Waals surface area (Å²) in [7, 11) is 0. The van der Waals surface area contributed by atoms with Crippen LogP contribution in [0.4, 0.5) is 16.2 Å². The number of carbonyl (C=O) groups excluding carboxylic acids is 4. The molecule has 8 rings (SSSR count). The number of benzene rings is 6. The Hall–Kier alpha value is -8.70. The van der Waals surface area contributed by atoms with Crippen molar-refractivity contribution >= 4 is 53.6 Å². The highest BCUT2D eigenvalue weighted by Gasteiger charge is 2.35. The van der Waals surface area contributed by atoms with E-state index in [0.29, 0.717) is 60.9 Å². The molecule has 0 aromatic heterocycles. The Morgan fingerprint density at radius 2 is 1.06 bits per heavy atom. The average molecular weight is 1080 g/mol. The number of anilines is 2. The minimum Gasteiger partial charge on any atom is -0.489 e. The van der Waals surface area contributed by atoms with Gasteiger partial charge in [0.2, 0.25) is 11.8 Å². The lowest BCUT2D eigenvalue weighted by atomic mass is 9.98. The number of nitrogens with zero attached hydrogens (tertiary/aromatic N) is 4. The zero-order chi connectivity index (χ0) is 55.4. The first-order valence-electron chi connectivity index (χ1n) is 25.2. The number of alkyl carbamates (subject to hydrolysis) is 1. The van der Waals surface area contributed by atoms with Crippen molar-refractivity contribution in [2.75, 3.05) is 22.9 Å². The van der Waals surface area contributed by atoms with Crippen molar-refractivity contribution in [1.29, 1.82) is 10.5 Å². The lowest BCUT2D eigenvalue weighted by Gasteiger charge is -2.27. The molecule has 0 unspecified atom stereocenters. The number of esters is 1. The second kappa shape index (κ2) is 25.9. The smallest absolute Gasteiger partial charge is 0.408 e. The summed E-state index contributed by atoms with van der Waals surface area (Å²) in [6, 6.07) is 44.1. The predicted octanol–water partition coefficient (Wildman–Crippen LogP) is 10.2. The van der Waals surface area contributed by atoms with E-state index in [1.807, 2.05) is 109 Å². The fraction of sp³-hybridized carbons (Fsp3) is 0.295. The summed E-state index contributed by atoms with van der Waals surface area (Å²) >= 11 is 0. The number of carboxylic acids is 1. The van der Waals surface area contributed by atoms with Gasteiger partial charge in [0.15, 0.2) is 0 Å². The number of fused-ring (bicyclic) bond motifs is 2. The molecule has 0 spiro atoms. The molecule has 0 saturated carbocycles. The Bertz CT molecular complexity index is 3200. The summed E-state index contributed by atoms with van der Waals surface area (Å²) in [6.45, 7) is 11.8. The third-order valence-corrected chi connectivity index (χ3v) is 12.3. The largest absolute Gasteiger partial charge is 0.489 e. The summed E-state index contributed by atoms with van der Waals surface area (Å²) in [6.07, 6.45) is -0.314. The number of nitrogens with one attached hydrogen (secondary N) is 1. The molecule has 2 heterocycles. The number of aliphatic carboxylic acids is 1. The van der Waals surface area contributed by atoms with Crippen molar-refractivity contribution in [2.24, 2.45) is 5.73 Å². The average Bonchev–Trinajstić information content (AvgIpc) is 4.05. The van der Waals surface area contributed by atoms with Crippen molar-refractivity contribution in [3.63, 3.8) is 0 Å². The molecule has 0 radical (unpaired) electrons. The highest BCUT2D eigenvalue weighted by molar-refractivity contribution is 6.02. The number of hydrogen-bond acceptors (Lipinski definition) is 12. The summed E-state index contributed by atoms with van der Waals surface area (Å²) < 4.78 is 22.8. The molecule has 2 aliphatic rings. The molecule has 78 heavy (non-hydrogen) atoms. The van der Waals surface area contributed by atoms with E-state index in [0.717, 1.165) is 50.2 Å². The quantitative estimate of drug-likeness (QED) is 0.0813. The van der Waals surface area contributed by atoms with Crippen molar-refractivity contribution in [2.45, 2.75) is 104 Å². The van der Waals surface area contributed by atoms with Gasteiger partial charge < -0.3 is 44.9 Å². The van der Waals surface area contributed by atoms with Gasteiger partial charge in [0.05, 0.1) is 42.1 Å². The van der Waals surface area contributed by atoms with Crippen LogP contribution in [-0.2, 0) is 54.7 Å². The minimum atomic E-state index is -1.17. The van der Waals surface area contributed by atoms with Gasteiger partial charge in [-0.05, 0) is 147 Å². The normalized spacial score (nSPS) is 13.1. The van der Waals surface area contributed by atoms with Gasteiger partial charge in [0.1, 0.15) is 42.0 Å². The predicted molar refractivity (Wildman–Crippen MR) is 298 cm³/mol. The molecule has 16 nitrogen and oxygen atoms in total. The van der Waals surface area contributed by atoms with Gasteiger partial charge in [0.25, 0.3) is 0 Å². The third-order valence-electron chi connectivity index (χ3n) is 12.3. The first-order valence-corrected chi connectivity index (χ1v) is 25.2. The Morgan fingerprint density at radius 3 is 1.49 bits per heavy atom. The first kappa shape index (κ1) is 58.6. The highest BCUT2D eigenvalue weighted by atomic mass is 35.5. The maximum atomic E-state index is 13.7. The van der Waals surface area contributed by atoms with E-state index < -0.39 is 59.6 Å². The number of halogens is 1. The summed E-state index contributed by atoms with van der Waals surface area (Å²) in [4.78, 5) is 65.4. The van der Waals surface area contributed by atoms with Crippen LogP contribution in [0.1, 0.15) is 87.8 Å². The van der Waals surface area contributed by atoms with Crippen molar-refractivity contribution in [3.05, 3.63) is 167 Å². The molecular weight excluding hydrogens is 1010 g/mol. The number of hydrogen-bond donors (Lipinski definition) is 3. The first-order chi connectivity index (χ1) is 36.7. The van der Waals surface area contributed by atoms with Gasteiger partial charge >= 0.3 is 18.0 Å². The summed E-state index contributed by atoms with van der Waals surface area (Å²) in [5.41, 5.74) is 14.1. The van der Waals surface area contributed by atoms with Gasteiger partial charge in [-0.15, -0.1) is 12.4 Å². The van der Waals surface area contributed by atoms with Gasteiger partial charge in [-0.2, -0.15) is 10.5 Å². The Kier molecular flexibility index (Phi) is 19.4. The molecule has 404 valence electrons. The molecule has 17 heteroatoms. The highest BCUT2D eigenvalue weighted by Crippen LogP contribution is 2.35. The lowest BCUT2D eigenvalue weighted by Crippen LogP contribution is -2.50. The molecule has 0 saturated heterocycles. The molecule has 2 aliphatic heterocycles. The molecule has 6 aromatic carbocycles. The minimum absolute atomic E-state index is 0. The molecule has 0 bridgehead atoms. The number of carbonyl (C=O) groups is 5. The van der Waals surface area contributed by atoms with Crippen LogP contribution in [-0.4, -0.2) is 71.3 Å². The number of rotatable bonds is 15. The monoisotopic (exact) mass is 1070 g/mol. The van der Waals surface area contributed by atoms with E-state index in [-0.39, 0.29) is 25.4 Å². The zero-order valence-corrected chi connectivity index (χ0v) is 45.2. The van der Waals surface area contributed by atoms with Crippen LogP contribution in [0.15, 0.2) is 133 Å². The van der Waals surface area contributed by atoms with Crippen molar-refractivity contribution in [1.82, 2.24) is 5.32 Å². The maximum Gasteiger partial charge on any atom is 0.408 e. The van der Waals surface area contributed by atoms with E-state index in [1.165, 1.54) is 4.90 Å². The van der Waals surface area contributed by atoms with E-state index in [1.54, 1.807) is 70.7 Å². The van der Waals surface area contributed by atoms with Crippen LogP contribution >= 0.6 is 12.4 Å². The molecule has 6 aromatic rings. The SMILES string of the molecule is CC(C)(C)OC(=O)C[C@@H](NC(=O)OC(C)(C)C)C(=O)N1CCc2cc(OCc3ccc(-c4ccccc4)c(C#N)c3)ccc21.Cl.N#Cc1cc(COc2ccc3c(c2)CCN3C(=O)[C@H](N)CC(=O)O)ccc1-c1ccccc1. The fourth-order valence-corrected chi connectivity index (χ4v) is 8.88. The number of amides is 3. The van der Waals surface area contributed by atoms with Gasteiger partial charge in [0, 0.05) is 24.5 Å². The van der Waals surface area contributed by atoms with Crippen LogP contribution < -0.4 is 30.3 Å². The fourth-order valence-electron chi connectivity index (χ4n) is 8.88. The number of nitrogens with two attached hydrogens (primary N) is 1. The molecule has 4 N–H and O–H groups in total. The van der Waals surface area contributed by atoms with E-state index in [4.69, 9.17) is 29.8 Å². The van der Waals surface area contributed by atoms with Crippen molar-refractivity contribution in [3.8, 4) is 45.9 Å². The standard InChI is InChI=1S/C35H39N3O6.C26H23N3O4.ClH/c1-34(2,3)43-31(39)20-29(37-33(41)44-35(4,5)6)32(40)38-17-16-25-19-27(13-15-30(25)38)42-22-23-12-14-28(26(18-23)21-36)24-10-8-7-9-11-24;27-15-20-12-17(6-8-22(20)18-4-2-1-3-5-18)16-33-21-7-9-24-19(13-21)10-11-29(24)26(32)23(28)14-25(30)31;/h7-15,18-19,29H,16-17,20,22H2,1-6H3,(H,37,41);1-9,12-13,23H,10-11,14,16,28H2,(H,30,31);1H/t29-;23-;/m11./s1. The molecule has 0 aliphatic carbocycles. The summed E-state index contributed by atoms with van der Waals surface area (Å²) in [5, 5.41) is 30.8. The second-order valence-electron chi connectivity index (χ2n) is 20.5. The van der Waals surface area contributed by atoms with E-state index in [2.05, 4.69) is 17.5 Å². The van der Waals surface area contributed by atoms with Crippen LogP contribution in [0.3, 0.4) is 0 Å². The Balaban J connectivity index is 0.000000259. The van der Waals surface area contributed by atoms with Gasteiger partial charge in [-0.3, -0.25) is 19.2 Å². The molecule has 0 fully saturated rings. The lowest BCUT2D eigenvalue weighted by molar-refractivity contribution is -0.156. The van der Waals surface area contributed by atoms with Gasteiger partial charge in [-0.25, -0.2) is 4.79 Å². The van der Waals surface area contributed by atoms with E-state index >= 15 is 0 Å². The van der Waals surface area contributed by atoms with Gasteiger partial charge in [-0.1, -0.05) is 84.9 Å². The Morgan fingerprint density at radius 1 is 0.615 bits per heavy atom. The van der Waals surface area contributed by atoms with Crippen molar-refractivity contribution < 1.29 is 48.0 Å². The third kappa shape index (κ3) is 15.7. The summed E-state index contributed by atoms with van der Waals surface area (Å²) in [5.74, 6) is -1.25. The molecule has 2 atom stereocenters. The second-order valence-corrected chi connectivity index (χ2v) is 20.5. The molecule has 3 amide bonds. The zero-order valence-electron chi connectivity index (χ0n) is 44.4. The Labute approximate surface area is 460 Å². The van der Waals surface area contributed by atoms with Crippen LogP contribution in [0.25, 0.3) is 22.3 Å². The molecular formula is C61H63ClN6O10. The maximum absolute atomic E-state index is 13.7.